The van der Waals surface area contributed by atoms with Gasteiger partial charge in [0.15, 0.2) is 11.4 Å². The van der Waals surface area contributed by atoms with E-state index in [9.17, 15) is 14.4 Å². The SMILES string of the molecule is COc1ccnc(C(=O)N[C@@H](C)C(=O)NC(C)=C(c2ccccc2)c2ccccc2)c1OC(=O)OCC(C)C. The van der Waals surface area contributed by atoms with Crippen LogP contribution in [0.4, 0.5) is 4.79 Å². The Balaban J connectivity index is 1.79. The van der Waals surface area contributed by atoms with E-state index in [1.807, 2.05) is 74.5 Å². The van der Waals surface area contributed by atoms with Gasteiger partial charge in [0, 0.05) is 23.5 Å². The largest absolute Gasteiger partial charge is 0.514 e. The first-order valence-corrected chi connectivity index (χ1v) is 12.5. The summed E-state index contributed by atoms with van der Waals surface area (Å²) < 4.78 is 15.6. The zero-order valence-electron chi connectivity index (χ0n) is 22.7. The van der Waals surface area contributed by atoms with Gasteiger partial charge in [0.1, 0.15) is 6.04 Å². The number of carbonyl (C=O) groups excluding carboxylic acids is 3. The Bertz CT molecular complexity index is 1280. The molecule has 0 spiro atoms. The van der Waals surface area contributed by atoms with Crippen molar-refractivity contribution in [3.8, 4) is 11.5 Å². The number of carbonyl (C=O) groups is 3. The van der Waals surface area contributed by atoms with Gasteiger partial charge in [-0.05, 0) is 30.9 Å². The van der Waals surface area contributed by atoms with E-state index in [4.69, 9.17) is 14.2 Å². The van der Waals surface area contributed by atoms with E-state index in [2.05, 4.69) is 15.6 Å². The summed E-state index contributed by atoms with van der Waals surface area (Å²) in [4.78, 5) is 42.4. The smallest absolute Gasteiger partial charge is 0.493 e. The molecule has 2 N–H and O–H groups in total. The van der Waals surface area contributed by atoms with Crippen LogP contribution in [-0.2, 0) is 9.53 Å². The van der Waals surface area contributed by atoms with Crippen molar-refractivity contribution in [3.63, 3.8) is 0 Å². The van der Waals surface area contributed by atoms with Crippen LogP contribution in [0.15, 0.2) is 78.6 Å². The molecule has 39 heavy (non-hydrogen) atoms. The fraction of sp³-hybridized carbons (Fsp3) is 0.267. The number of allylic oxidation sites excluding steroid dienone is 1. The van der Waals surface area contributed by atoms with Gasteiger partial charge in [0.2, 0.25) is 11.7 Å². The number of aromatic nitrogens is 1. The highest BCUT2D eigenvalue weighted by atomic mass is 16.7. The quantitative estimate of drug-likeness (QED) is 0.355. The third kappa shape index (κ3) is 7.91. The van der Waals surface area contributed by atoms with Crippen LogP contribution in [0, 0.1) is 5.92 Å². The Morgan fingerprint density at radius 2 is 1.49 bits per heavy atom. The summed E-state index contributed by atoms with van der Waals surface area (Å²) in [6.45, 7) is 7.25. The number of nitrogens with zero attached hydrogens (tertiary/aromatic N) is 1. The summed E-state index contributed by atoms with van der Waals surface area (Å²) in [6.07, 6.45) is 0.342. The molecule has 0 unspecified atom stereocenters. The molecule has 2 aromatic carbocycles. The molecule has 0 radical (unpaired) electrons. The van der Waals surface area contributed by atoms with Crippen LogP contribution in [0.25, 0.3) is 5.57 Å². The van der Waals surface area contributed by atoms with Crippen molar-refractivity contribution < 1.29 is 28.6 Å². The number of nitrogens with one attached hydrogen (secondary N) is 2. The van der Waals surface area contributed by atoms with E-state index >= 15 is 0 Å². The zero-order valence-corrected chi connectivity index (χ0v) is 22.7. The topological polar surface area (TPSA) is 116 Å². The van der Waals surface area contributed by atoms with Gasteiger partial charge in [-0.2, -0.15) is 0 Å². The molecule has 0 aliphatic heterocycles. The van der Waals surface area contributed by atoms with Crippen molar-refractivity contribution in [2.24, 2.45) is 5.92 Å². The molecule has 2 amide bonds. The van der Waals surface area contributed by atoms with Crippen molar-refractivity contribution in [1.29, 1.82) is 0 Å². The number of rotatable bonds is 10. The van der Waals surface area contributed by atoms with Crippen LogP contribution in [0.5, 0.6) is 11.5 Å². The van der Waals surface area contributed by atoms with Crippen LogP contribution in [0.2, 0.25) is 0 Å². The van der Waals surface area contributed by atoms with Crippen molar-refractivity contribution in [2.75, 3.05) is 13.7 Å². The Morgan fingerprint density at radius 3 is 2.03 bits per heavy atom. The number of pyridine rings is 1. The summed E-state index contributed by atoms with van der Waals surface area (Å²) in [5.41, 5.74) is 3.12. The fourth-order valence-corrected chi connectivity index (χ4v) is 3.69. The molecular weight excluding hydrogens is 498 g/mol. The van der Waals surface area contributed by atoms with Crippen molar-refractivity contribution in [1.82, 2.24) is 15.6 Å². The molecule has 3 rings (SSSR count). The number of methoxy groups -OCH3 is 1. The Morgan fingerprint density at radius 1 is 0.897 bits per heavy atom. The van der Waals surface area contributed by atoms with Crippen molar-refractivity contribution in [3.05, 3.63) is 95.4 Å². The molecule has 204 valence electrons. The number of amides is 2. The van der Waals surface area contributed by atoms with Crippen molar-refractivity contribution in [2.45, 2.75) is 33.7 Å². The van der Waals surface area contributed by atoms with E-state index in [1.54, 1.807) is 13.8 Å². The second kappa shape index (κ2) is 13.8. The van der Waals surface area contributed by atoms with E-state index in [0.29, 0.717) is 5.70 Å². The minimum atomic E-state index is -0.995. The van der Waals surface area contributed by atoms with Gasteiger partial charge in [0.05, 0.1) is 13.7 Å². The molecule has 3 aromatic rings. The molecule has 0 bridgehead atoms. The minimum Gasteiger partial charge on any atom is -0.493 e. The van der Waals surface area contributed by atoms with E-state index in [1.165, 1.54) is 19.4 Å². The third-order valence-electron chi connectivity index (χ3n) is 5.57. The number of benzene rings is 2. The molecule has 9 heteroatoms. The lowest BCUT2D eigenvalue weighted by Gasteiger charge is -2.18. The van der Waals surface area contributed by atoms with Gasteiger partial charge in [-0.15, -0.1) is 0 Å². The van der Waals surface area contributed by atoms with E-state index < -0.39 is 24.0 Å². The summed E-state index contributed by atoms with van der Waals surface area (Å²) in [6, 6.07) is 19.9. The van der Waals surface area contributed by atoms with E-state index in [0.717, 1.165) is 16.7 Å². The highest BCUT2D eigenvalue weighted by Gasteiger charge is 2.25. The molecule has 1 atom stereocenters. The third-order valence-corrected chi connectivity index (χ3v) is 5.57. The summed E-state index contributed by atoms with van der Waals surface area (Å²) >= 11 is 0. The normalized spacial score (nSPS) is 11.2. The van der Waals surface area contributed by atoms with Crippen LogP contribution >= 0.6 is 0 Å². The molecule has 0 fully saturated rings. The molecule has 0 saturated carbocycles. The van der Waals surface area contributed by atoms with Crippen LogP contribution in [0.1, 0.15) is 49.3 Å². The number of ether oxygens (including phenoxy) is 3. The molecule has 9 nitrogen and oxygen atoms in total. The van der Waals surface area contributed by atoms with Crippen molar-refractivity contribution >= 4 is 23.5 Å². The van der Waals surface area contributed by atoms with Gasteiger partial charge >= 0.3 is 6.16 Å². The Kier molecular flexibility index (Phi) is 10.2. The van der Waals surface area contributed by atoms with Crippen LogP contribution in [0.3, 0.4) is 0 Å². The standard InChI is InChI=1S/C30H33N3O6/c1-19(2)18-38-30(36)39-27-24(37-5)16-17-31-26(27)29(35)33-21(4)28(34)32-20(3)25(22-12-8-6-9-13-22)23-14-10-7-11-15-23/h6-17,19,21H,18H2,1-5H3,(H,32,34)(H,33,35)/t21-/m0/s1. The summed E-state index contributed by atoms with van der Waals surface area (Å²) in [5.74, 6) is -1.16. The first kappa shape index (κ1) is 28.9. The molecule has 0 aliphatic carbocycles. The van der Waals surface area contributed by atoms with Gasteiger partial charge in [-0.3, -0.25) is 9.59 Å². The highest BCUT2D eigenvalue weighted by molar-refractivity contribution is 5.99. The van der Waals surface area contributed by atoms with Gasteiger partial charge in [0.25, 0.3) is 5.91 Å². The Hall–Kier alpha value is -4.66. The minimum absolute atomic E-state index is 0.0947. The molecule has 1 aromatic heterocycles. The van der Waals surface area contributed by atoms with E-state index in [-0.39, 0.29) is 29.7 Å². The van der Waals surface area contributed by atoms with Crippen LogP contribution < -0.4 is 20.1 Å². The maximum absolute atomic E-state index is 13.1. The molecular formula is C30H33N3O6. The predicted molar refractivity (Wildman–Crippen MR) is 147 cm³/mol. The second-order valence-electron chi connectivity index (χ2n) is 9.16. The zero-order chi connectivity index (χ0) is 28.4. The van der Waals surface area contributed by atoms with Crippen LogP contribution in [-0.4, -0.2) is 42.7 Å². The fourth-order valence-electron chi connectivity index (χ4n) is 3.69. The second-order valence-corrected chi connectivity index (χ2v) is 9.16. The average Bonchev–Trinajstić information content (AvgIpc) is 2.93. The van der Waals surface area contributed by atoms with Gasteiger partial charge in [-0.1, -0.05) is 74.5 Å². The lowest BCUT2D eigenvalue weighted by Crippen LogP contribution is -2.44. The number of hydrogen-bond acceptors (Lipinski definition) is 7. The summed E-state index contributed by atoms with van der Waals surface area (Å²) in [5, 5.41) is 5.52. The molecule has 0 aliphatic rings. The first-order valence-electron chi connectivity index (χ1n) is 12.5. The lowest BCUT2D eigenvalue weighted by molar-refractivity contribution is -0.121. The highest BCUT2D eigenvalue weighted by Crippen LogP contribution is 2.30. The van der Waals surface area contributed by atoms with Gasteiger partial charge in [-0.25, -0.2) is 9.78 Å². The average molecular weight is 532 g/mol. The summed E-state index contributed by atoms with van der Waals surface area (Å²) in [7, 11) is 1.37. The molecule has 0 saturated heterocycles. The first-order chi connectivity index (χ1) is 18.7. The maximum Gasteiger partial charge on any atom is 0.514 e. The lowest BCUT2D eigenvalue weighted by atomic mass is 9.96. The maximum atomic E-state index is 13.1. The monoisotopic (exact) mass is 531 g/mol. The Labute approximate surface area is 228 Å². The molecule has 1 heterocycles. The predicted octanol–water partition coefficient (Wildman–Crippen LogP) is 4.98. The number of hydrogen-bond donors (Lipinski definition) is 2. The van der Waals surface area contributed by atoms with Gasteiger partial charge < -0.3 is 24.8 Å².